The number of benzene rings is 1. The first-order valence-electron chi connectivity index (χ1n) is 6.56. The van der Waals surface area contributed by atoms with E-state index in [-0.39, 0.29) is 5.82 Å². The molecule has 20 heavy (non-hydrogen) atoms. The molecule has 108 valence electrons. The van der Waals surface area contributed by atoms with Gasteiger partial charge in [0.2, 0.25) is 0 Å². The highest BCUT2D eigenvalue weighted by Gasteiger charge is 2.22. The van der Waals surface area contributed by atoms with Crippen molar-refractivity contribution in [2.24, 2.45) is 0 Å². The van der Waals surface area contributed by atoms with E-state index in [0.29, 0.717) is 39.3 Å². The van der Waals surface area contributed by atoms with Gasteiger partial charge < -0.3 is 15.0 Å². The van der Waals surface area contributed by atoms with Crippen molar-refractivity contribution < 1.29 is 18.7 Å². The number of amides is 2. The Hall–Kier alpha value is -1.95. The zero-order valence-corrected chi connectivity index (χ0v) is 11.1. The molecule has 1 fully saturated rings. The number of carbonyl (C=O) groups excluding carboxylic acids is 2. The Labute approximate surface area is 116 Å². The minimum atomic E-state index is -0.603. The molecule has 1 aromatic carbocycles. The minimum absolute atomic E-state index is 0.291. The lowest BCUT2D eigenvalue weighted by Gasteiger charge is -2.26. The SMILES string of the molecule is O=C(NCCc1ccc(F)cc1)C(=O)N1CCOCC1. The molecule has 0 aliphatic carbocycles. The maximum atomic E-state index is 12.7. The van der Waals surface area contributed by atoms with E-state index in [1.54, 1.807) is 12.1 Å². The predicted octanol–water partition coefficient (Wildman–Crippen LogP) is 0.343. The fourth-order valence-electron chi connectivity index (χ4n) is 1.96. The summed E-state index contributed by atoms with van der Waals surface area (Å²) in [6.07, 6.45) is 0.558. The monoisotopic (exact) mass is 280 g/mol. The average molecular weight is 280 g/mol. The predicted molar refractivity (Wildman–Crippen MR) is 70.5 cm³/mol. The molecule has 5 nitrogen and oxygen atoms in total. The maximum Gasteiger partial charge on any atom is 0.312 e. The number of nitrogens with one attached hydrogen (secondary N) is 1. The van der Waals surface area contributed by atoms with Gasteiger partial charge in [0.25, 0.3) is 0 Å². The van der Waals surface area contributed by atoms with Crippen LogP contribution < -0.4 is 5.32 Å². The van der Waals surface area contributed by atoms with Crippen molar-refractivity contribution in [2.45, 2.75) is 6.42 Å². The van der Waals surface area contributed by atoms with Crippen LogP contribution in [0.3, 0.4) is 0 Å². The fraction of sp³-hybridized carbons (Fsp3) is 0.429. The molecule has 1 aromatic rings. The molecule has 1 heterocycles. The van der Waals surface area contributed by atoms with Crippen molar-refractivity contribution in [3.05, 3.63) is 35.6 Å². The highest BCUT2D eigenvalue weighted by Crippen LogP contribution is 2.03. The Bertz CT molecular complexity index is 470. The van der Waals surface area contributed by atoms with Crippen molar-refractivity contribution in [3.63, 3.8) is 0 Å². The molecule has 2 rings (SSSR count). The number of ether oxygens (including phenoxy) is 1. The molecule has 1 aliphatic rings. The van der Waals surface area contributed by atoms with E-state index in [9.17, 15) is 14.0 Å². The molecular formula is C14H17FN2O3. The number of hydrogen-bond acceptors (Lipinski definition) is 3. The molecule has 1 saturated heterocycles. The van der Waals surface area contributed by atoms with Crippen molar-refractivity contribution in [3.8, 4) is 0 Å². The Morgan fingerprint density at radius 2 is 1.85 bits per heavy atom. The molecule has 1 aliphatic heterocycles. The Morgan fingerprint density at radius 1 is 1.20 bits per heavy atom. The fourth-order valence-corrected chi connectivity index (χ4v) is 1.96. The molecule has 0 aromatic heterocycles. The number of carbonyl (C=O) groups is 2. The van der Waals surface area contributed by atoms with Gasteiger partial charge in [-0.3, -0.25) is 9.59 Å². The van der Waals surface area contributed by atoms with Gasteiger partial charge in [-0.15, -0.1) is 0 Å². The third kappa shape index (κ3) is 4.03. The lowest BCUT2D eigenvalue weighted by Crippen LogP contribution is -2.48. The van der Waals surface area contributed by atoms with E-state index >= 15 is 0 Å². The summed E-state index contributed by atoms with van der Waals surface area (Å²) in [7, 11) is 0. The van der Waals surface area contributed by atoms with E-state index < -0.39 is 11.8 Å². The molecule has 6 heteroatoms. The Morgan fingerprint density at radius 3 is 2.50 bits per heavy atom. The van der Waals surface area contributed by atoms with Crippen LogP contribution in [0.25, 0.3) is 0 Å². The summed E-state index contributed by atoms with van der Waals surface area (Å²) < 4.78 is 17.8. The molecule has 2 amide bonds. The summed E-state index contributed by atoms with van der Waals surface area (Å²) >= 11 is 0. The average Bonchev–Trinajstić information content (AvgIpc) is 2.49. The zero-order chi connectivity index (χ0) is 14.4. The Kier molecular flexibility index (Phi) is 5.06. The first-order valence-corrected chi connectivity index (χ1v) is 6.56. The summed E-state index contributed by atoms with van der Waals surface area (Å²) in [6, 6.07) is 6.06. The first kappa shape index (κ1) is 14.5. The molecular weight excluding hydrogens is 263 g/mol. The van der Waals surface area contributed by atoms with Gasteiger partial charge in [0, 0.05) is 19.6 Å². The van der Waals surface area contributed by atoms with E-state index in [1.807, 2.05) is 0 Å². The summed E-state index contributed by atoms with van der Waals surface area (Å²) in [5, 5.41) is 2.58. The quantitative estimate of drug-likeness (QED) is 0.812. The molecule has 1 N–H and O–H groups in total. The zero-order valence-electron chi connectivity index (χ0n) is 11.1. The second kappa shape index (κ2) is 7.00. The second-order valence-corrected chi connectivity index (χ2v) is 4.54. The molecule has 0 bridgehead atoms. The van der Waals surface area contributed by atoms with Gasteiger partial charge in [-0.2, -0.15) is 0 Å². The third-order valence-electron chi connectivity index (χ3n) is 3.11. The Balaban J connectivity index is 1.74. The molecule has 0 spiro atoms. The number of hydrogen-bond donors (Lipinski definition) is 1. The van der Waals surface area contributed by atoms with Crippen LogP contribution >= 0.6 is 0 Å². The largest absolute Gasteiger partial charge is 0.378 e. The van der Waals surface area contributed by atoms with Crippen LogP contribution in [0.1, 0.15) is 5.56 Å². The van der Waals surface area contributed by atoms with Gasteiger partial charge in [-0.05, 0) is 24.1 Å². The van der Waals surface area contributed by atoms with E-state index in [4.69, 9.17) is 4.74 Å². The summed E-state index contributed by atoms with van der Waals surface area (Å²) in [4.78, 5) is 25.0. The lowest BCUT2D eigenvalue weighted by molar-refractivity contribution is -0.148. The van der Waals surface area contributed by atoms with Crippen LogP contribution in [0, 0.1) is 5.82 Å². The van der Waals surface area contributed by atoms with Crippen molar-refractivity contribution in [2.75, 3.05) is 32.8 Å². The van der Waals surface area contributed by atoms with Crippen LogP contribution in [0.4, 0.5) is 4.39 Å². The van der Waals surface area contributed by atoms with Crippen LogP contribution in [-0.4, -0.2) is 49.6 Å². The topological polar surface area (TPSA) is 58.6 Å². The molecule has 0 radical (unpaired) electrons. The summed E-state index contributed by atoms with van der Waals surface area (Å²) in [6.45, 7) is 2.18. The van der Waals surface area contributed by atoms with Gasteiger partial charge in [-0.25, -0.2) is 4.39 Å². The van der Waals surface area contributed by atoms with Gasteiger partial charge in [-0.1, -0.05) is 12.1 Å². The normalized spacial score (nSPS) is 14.9. The standard InChI is InChI=1S/C14H17FN2O3/c15-12-3-1-11(2-4-12)5-6-16-13(18)14(19)17-7-9-20-10-8-17/h1-4H,5-10H2,(H,16,18). The smallest absolute Gasteiger partial charge is 0.312 e. The van der Waals surface area contributed by atoms with Crippen molar-refractivity contribution in [1.82, 2.24) is 10.2 Å². The third-order valence-corrected chi connectivity index (χ3v) is 3.11. The highest BCUT2D eigenvalue weighted by molar-refractivity contribution is 6.35. The number of morpholine rings is 1. The maximum absolute atomic E-state index is 12.7. The number of halogens is 1. The van der Waals surface area contributed by atoms with Crippen LogP contribution in [0.5, 0.6) is 0 Å². The van der Waals surface area contributed by atoms with Crippen LogP contribution in [0.15, 0.2) is 24.3 Å². The number of nitrogens with zero attached hydrogens (tertiary/aromatic N) is 1. The van der Waals surface area contributed by atoms with E-state index in [2.05, 4.69) is 5.32 Å². The summed E-state index contributed by atoms with van der Waals surface area (Å²) in [5.41, 5.74) is 0.908. The van der Waals surface area contributed by atoms with Gasteiger partial charge in [0.1, 0.15) is 5.82 Å². The van der Waals surface area contributed by atoms with Crippen LogP contribution in [-0.2, 0) is 20.7 Å². The molecule has 0 atom stereocenters. The number of rotatable bonds is 3. The van der Waals surface area contributed by atoms with Gasteiger partial charge >= 0.3 is 11.8 Å². The lowest BCUT2D eigenvalue weighted by atomic mass is 10.1. The minimum Gasteiger partial charge on any atom is -0.378 e. The molecule has 0 unspecified atom stereocenters. The molecule has 0 saturated carbocycles. The van der Waals surface area contributed by atoms with Crippen molar-refractivity contribution in [1.29, 1.82) is 0 Å². The van der Waals surface area contributed by atoms with Gasteiger partial charge in [0.15, 0.2) is 0 Å². The van der Waals surface area contributed by atoms with Gasteiger partial charge in [0.05, 0.1) is 13.2 Å². The summed E-state index contributed by atoms with van der Waals surface area (Å²) in [5.74, 6) is -1.42. The highest BCUT2D eigenvalue weighted by atomic mass is 19.1. The second-order valence-electron chi connectivity index (χ2n) is 4.54. The van der Waals surface area contributed by atoms with Crippen LogP contribution in [0.2, 0.25) is 0 Å². The van der Waals surface area contributed by atoms with E-state index in [0.717, 1.165) is 5.56 Å². The van der Waals surface area contributed by atoms with E-state index in [1.165, 1.54) is 17.0 Å². The first-order chi connectivity index (χ1) is 9.66. The van der Waals surface area contributed by atoms with Crippen molar-refractivity contribution >= 4 is 11.8 Å².